The Balaban J connectivity index is 1.98. The van der Waals surface area contributed by atoms with E-state index in [4.69, 9.17) is 0 Å². The van der Waals surface area contributed by atoms with Crippen molar-refractivity contribution in [1.29, 1.82) is 0 Å². The van der Waals surface area contributed by atoms with Gasteiger partial charge in [-0.05, 0) is 48.0 Å². The molecule has 1 aliphatic heterocycles. The lowest BCUT2D eigenvalue weighted by atomic mass is 10.1. The molecular weight excluding hydrogens is 300 g/mol. The van der Waals surface area contributed by atoms with Gasteiger partial charge < -0.3 is 10.2 Å². The van der Waals surface area contributed by atoms with Crippen molar-refractivity contribution in [2.24, 2.45) is 5.92 Å². The molecule has 1 atom stereocenters. The minimum atomic E-state index is 0.179. The zero-order chi connectivity index (χ0) is 12.3. The number of rotatable bonds is 4. The van der Waals surface area contributed by atoms with Gasteiger partial charge in [-0.1, -0.05) is 0 Å². The van der Waals surface area contributed by atoms with Gasteiger partial charge in [0.25, 0.3) is 0 Å². The molecule has 1 fully saturated rings. The molecular formula is C12H17BrN2OS. The molecule has 2 rings (SSSR count). The fraction of sp³-hybridized carbons (Fsp3) is 0.583. The number of hydrogen-bond donors (Lipinski definition) is 1. The maximum absolute atomic E-state index is 12.3. The summed E-state index contributed by atoms with van der Waals surface area (Å²) in [7, 11) is 0. The van der Waals surface area contributed by atoms with Crippen LogP contribution in [0.5, 0.6) is 0 Å². The van der Waals surface area contributed by atoms with E-state index in [1.54, 1.807) is 11.3 Å². The third-order valence-corrected chi connectivity index (χ3v) is 4.69. The highest BCUT2D eigenvalue weighted by Gasteiger charge is 2.26. The third-order valence-electron chi connectivity index (χ3n) is 3.08. The maximum Gasteiger partial charge on any atom is 0.227 e. The summed E-state index contributed by atoms with van der Waals surface area (Å²) in [6.07, 6.45) is 0.976. The molecule has 5 heteroatoms. The first-order valence-electron chi connectivity index (χ1n) is 5.94. The molecule has 0 spiro atoms. The van der Waals surface area contributed by atoms with Crippen LogP contribution >= 0.6 is 27.3 Å². The first kappa shape index (κ1) is 13.1. The van der Waals surface area contributed by atoms with Crippen LogP contribution in [0.25, 0.3) is 0 Å². The van der Waals surface area contributed by atoms with E-state index in [0.29, 0.717) is 5.91 Å². The van der Waals surface area contributed by atoms with Gasteiger partial charge in [-0.3, -0.25) is 4.79 Å². The lowest BCUT2D eigenvalue weighted by Gasteiger charge is -2.23. The molecule has 1 aromatic heterocycles. The summed E-state index contributed by atoms with van der Waals surface area (Å²) >= 11 is 5.15. The summed E-state index contributed by atoms with van der Waals surface area (Å²) in [5.41, 5.74) is 0. The fourth-order valence-corrected chi connectivity index (χ4v) is 3.59. The van der Waals surface area contributed by atoms with Crippen molar-refractivity contribution in [1.82, 2.24) is 10.2 Å². The van der Waals surface area contributed by atoms with Crippen LogP contribution in [0.3, 0.4) is 0 Å². The summed E-state index contributed by atoms with van der Waals surface area (Å²) in [6, 6.07) is 4.12. The zero-order valence-corrected chi connectivity index (χ0v) is 12.3. The van der Waals surface area contributed by atoms with Gasteiger partial charge in [0.15, 0.2) is 0 Å². The lowest BCUT2D eigenvalue weighted by Crippen LogP contribution is -2.36. The van der Waals surface area contributed by atoms with E-state index >= 15 is 0 Å². The average molecular weight is 317 g/mol. The predicted molar refractivity (Wildman–Crippen MR) is 74.1 cm³/mol. The van der Waals surface area contributed by atoms with Gasteiger partial charge in [0.2, 0.25) is 5.91 Å². The second kappa shape index (κ2) is 5.98. The highest BCUT2D eigenvalue weighted by atomic mass is 79.9. The minimum absolute atomic E-state index is 0.179. The van der Waals surface area contributed by atoms with Gasteiger partial charge in [0, 0.05) is 18.0 Å². The van der Waals surface area contributed by atoms with Crippen LogP contribution in [-0.2, 0) is 11.3 Å². The van der Waals surface area contributed by atoms with E-state index in [2.05, 4.69) is 27.3 Å². The van der Waals surface area contributed by atoms with Crippen LogP contribution in [0.2, 0.25) is 0 Å². The Morgan fingerprint density at radius 1 is 1.65 bits per heavy atom. The molecule has 1 aliphatic rings. The van der Waals surface area contributed by atoms with Crippen LogP contribution in [-0.4, -0.2) is 30.4 Å². The predicted octanol–water partition coefficient (Wildman–Crippen LogP) is 2.47. The van der Waals surface area contributed by atoms with Crippen molar-refractivity contribution in [2.75, 3.05) is 19.6 Å². The molecule has 2 heterocycles. The van der Waals surface area contributed by atoms with Crippen molar-refractivity contribution < 1.29 is 4.79 Å². The molecule has 1 unspecified atom stereocenters. The van der Waals surface area contributed by atoms with Crippen LogP contribution in [0, 0.1) is 5.92 Å². The van der Waals surface area contributed by atoms with Crippen LogP contribution in [0.4, 0.5) is 0 Å². The molecule has 0 aliphatic carbocycles. The fourth-order valence-electron chi connectivity index (χ4n) is 2.09. The second-order valence-corrected chi connectivity index (χ2v) is 6.80. The number of halogens is 1. The van der Waals surface area contributed by atoms with Gasteiger partial charge in [-0.2, -0.15) is 0 Å². The SMILES string of the molecule is CCN(Cc1ccc(Br)s1)C(=O)C1CCNC1. The number of thiophene rings is 1. The van der Waals surface area contributed by atoms with Gasteiger partial charge in [-0.15, -0.1) is 11.3 Å². The first-order valence-corrected chi connectivity index (χ1v) is 7.55. The smallest absolute Gasteiger partial charge is 0.227 e. The maximum atomic E-state index is 12.3. The van der Waals surface area contributed by atoms with Gasteiger partial charge in [0.1, 0.15) is 0 Å². The summed E-state index contributed by atoms with van der Waals surface area (Å²) in [5.74, 6) is 0.473. The van der Waals surface area contributed by atoms with E-state index in [0.717, 1.165) is 36.4 Å². The van der Waals surface area contributed by atoms with E-state index in [1.807, 2.05) is 17.9 Å². The molecule has 0 aromatic carbocycles. The summed E-state index contributed by atoms with van der Waals surface area (Å²) in [6.45, 7) is 5.37. The van der Waals surface area contributed by atoms with Gasteiger partial charge in [-0.25, -0.2) is 0 Å². The molecule has 94 valence electrons. The highest BCUT2D eigenvalue weighted by molar-refractivity contribution is 9.11. The summed E-state index contributed by atoms with van der Waals surface area (Å²) in [4.78, 5) is 15.5. The number of hydrogen-bond acceptors (Lipinski definition) is 3. The number of carbonyl (C=O) groups excluding carboxylic acids is 1. The minimum Gasteiger partial charge on any atom is -0.338 e. The van der Waals surface area contributed by atoms with E-state index in [1.165, 1.54) is 4.88 Å². The van der Waals surface area contributed by atoms with Crippen molar-refractivity contribution in [2.45, 2.75) is 19.9 Å². The lowest BCUT2D eigenvalue weighted by molar-refractivity contribution is -0.135. The van der Waals surface area contributed by atoms with E-state index in [9.17, 15) is 4.79 Å². The second-order valence-electron chi connectivity index (χ2n) is 4.25. The number of amides is 1. The zero-order valence-electron chi connectivity index (χ0n) is 9.91. The van der Waals surface area contributed by atoms with Crippen LogP contribution < -0.4 is 5.32 Å². The van der Waals surface area contributed by atoms with Crippen molar-refractivity contribution >= 4 is 33.2 Å². The van der Waals surface area contributed by atoms with Gasteiger partial charge >= 0.3 is 0 Å². The molecule has 0 bridgehead atoms. The van der Waals surface area contributed by atoms with E-state index in [-0.39, 0.29) is 5.92 Å². The molecule has 1 N–H and O–H groups in total. The Hall–Kier alpha value is -0.390. The topological polar surface area (TPSA) is 32.3 Å². The van der Waals surface area contributed by atoms with Crippen LogP contribution in [0.15, 0.2) is 15.9 Å². The molecule has 17 heavy (non-hydrogen) atoms. The average Bonchev–Trinajstić information content (AvgIpc) is 2.96. The molecule has 1 saturated heterocycles. The number of nitrogens with zero attached hydrogens (tertiary/aromatic N) is 1. The Morgan fingerprint density at radius 2 is 2.47 bits per heavy atom. The molecule has 0 saturated carbocycles. The normalized spacial score (nSPS) is 19.5. The number of nitrogens with one attached hydrogen (secondary N) is 1. The van der Waals surface area contributed by atoms with Gasteiger partial charge in [0.05, 0.1) is 16.2 Å². The molecule has 1 aromatic rings. The Bertz CT molecular complexity index is 388. The Morgan fingerprint density at radius 3 is 3.00 bits per heavy atom. The standard InChI is InChI=1S/C12H17BrN2OS/c1-2-15(8-10-3-4-11(13)17-10)12(16)9-5-6-14-7-9/h3-4,9,14H,2,5-8H2,1H3. The summed E-state index contributed by atoms with van der Waals surface area (Å²) in [5, 5.41) is 3.25. The van der Waals surface area contributed by atoms with E-state index < -0.39 is 0 Å². The third kappa shape index (κ3) is 3.30. The van der Waals surface area contributed by atoms with Crippen molar-refractivity contribution in [3.63, 3.8) is 0 Å². The van der Waals surface area contributed by atoms with Crippen molar-refractivity contribution in [3.8, 4) is 0 Å². The Labute approximate surface area is 114 Å². The molecule has 0 radical (unpaired) electrons. The molecule has 1 amide bonds. The quantitative estimate of drug-likeness (QED) is 0.925. The van der Waals surface area contributed by atoms with Crippen LogP contribution in [0.1, 0.15) is 18.2 Å². The number of carbonyl (C=O) groups is 1. The molecule has 3 nitrogen and oxygen atoms in total. The first-order chi connectivity index (χ1) is 8.20. The summed E-state index contributed by atoms with van der Waals surface area (Å²) < 4.78 is 1.12. The largest absolute Gasteiger partial charge is 0.338 e. The highest BCUT2D eigenvalue weighted by Crippen LogP contribution is 2.24. The van der Waals surface area contributed by atoms with Crippen molar-refractivity contribution in [3.05, 3.63) is 20.8 Å². The monoisotopic (exact) mass is 316 g/mol. The Kier molecular flexibility index (Phi) is 4.59.